The van der Waals surface area contributed by atoms with Crippen LogP contribution in [0.3, 0.4) is 0 Å². The second-order valence-corrected chi connectivity index (χ2v) is 8.52. The zero-order chi connectivity index (χ0) is 22.8. The van der Waals surface area contributed by atoms with Gasteiger partial charge in [0.05, 0.1) is 11.1 Å². The van der Waals surface area contributed by atoms with E-state index < -0.39 is 5.97 Å². The number of nitrogens with zero attached hydrogens (tertiary/aromatic N) is 3. The first kappa shape index (κ1) is 21.6. The van der Waals surface area contributed by atoms with Crippen molar-refractivity contribution in [2.24, 2.45) is 5.92 Å². The molecule has 0 bridgehead atoms. The summed E-state index contributed by atoms with van der Waals surface area (Å²) < 4.78 is 0. The minimum Gasteiger partial charge on any atom is -0.478 e. The maximum atomic E-state index is 12.0. The molecule has 0 atom stereocenters. The van der Waals surface area contributed by atoms with Gasteiger partial charge in [0, 0.05) is 48.9 Å². The normalized spacial score (nSPS) is 14.1. The zero-order valence-corrected chi connectivity index (χ0v) is 18.6. The van der Waals surface area contributed by atoms with Crippen LogP contribution >= 0.6 is 0 Å². The van der Waals surface area contributed by atoms with Gasteiger partial charge in [-0.15, -0.1) is 0 Å². The van der Waals surface area contributed by atoms with Crippen molar-refractivity contribution in [3.05, 3.63) is 59.7 Å². The Morgan fingerprint density at radius 1 is 1.00 bits per heavy atom. The van der Waals surface area contributed by atoms with Gasteiger partial charge in [0.2, 0.25) is 5.91 Å². The molecule has 1 amide bonds. The first-order valence-corrected chi connectivity index (χ1v) is 10.9. The number of piperazine rings is 1. The van der Waals surface area contributed by atoms with Crippen LogP contribution in [0.1, 0.15) is 29.8 Å². The zero-order valence-electron chi connectivity index (χ0n) is 18.6. The van der Waals surface area contributed by atoms with Crippen LogP contribution in [0.4, 0.5) is 17.2 Å². The fraction of sp³-hybridized carbons (Fsp3) is 0.320. The van der Waals surface area contributed by atoms with Crippen molar-refractivity contribution in [2.45, 2.75) is 20.8 Å². The summed E-state index contributed by atoms with van der Waals surface area (Å²) in [5.41, 5.74) is 3.80. The van der Waals surface area contributed by atoms with E-state index >= 15 is 0 Å². The monoisotopic (exact) mass is 432 g/mol. The van der Waals surface area contributed by atoms with E-state index in [9.17, 15) is 14.7 Å². The van der Waals surface area contributed by atoms with Gasteiger partial charge in [-0.1, -0.05) is 26.0 Å². The number of aryl methyl sites for hydroxylation is 1. The summed E-state index contributed by atoms with van der Waals surface area (Å²) in [7, 11) is 0. The lowest BCUT2D eigenvalue weighted by Crippen LogP contribution is -2.46. The molecule has 2 N–H and O–H groups in total. The molecule has 166 valence electrons. The fourth-order valence-corrected chi connectivity index (χ4v) is 3.93. The number of anilines is 3. The smallest absolute Gasteiger partial charge is 0.336 e. The minimum absolute atomic E-state index is 0.114. The summed E-state index contributed by atoms with van der Waals surface area (Å²) in [5, 5.41) is 13.2. The number of carbonyl (C=O) groups is 2. The first-order chi connectivity index (χ1) is 15.3. The molecule has 2 aromatic carbocycles. The summed E-state index contributed by atoms with van der Waals surface area (Å²) in [6, 6.07) is 15.3. The molecule has 3 aromatic rings. The lowest BCUT2D eigenvalue weighted by atomic mass is 10.1. The van der Waals surface area contributed by atoms with Gasteiger partial charge in [-0.05, 0) is 48.9 Å². The van der Waals surface area contributed by atoms with E-state index in [0.29, 0.717) is 22.4 Å². The molecule has 0 radical (unpaired) electrons. The molecule has 1 aliphatic rings. The summed E-state index contributed by atoms with van der Waals surface area (Å²) >= 11 is 0. The van der Waals surface area contributed by atoms with Gasteiger partial charge >= 0.3 is 5.97 Å². The van der Waals surface area contributed by atoms with Crippen molar-refractivity contribution in [1.82, 2.24) is 4.98 Å². The number of carboxylic acids is 1. The summed E-state index contributed by atoms with van der Waals surface area (Å²) in [6.07, 6.45) is 0. The molecule has 0 unspecified atom stereocenters. The number of carboxylic acid groups (broad SMARTS) is 1. The van der Waals surface area contributed by atoms with Gasteiger partial charge in [-0.25, -0.2) is 9.78 Å². The quantitative estimate of drug-likeness (QED) is 0.630. The van der Waals surface area contributed by atoms with Crippen LogP contribution in [-0.4, -0.2) is 48.1 Å². The van der Waals surface area contributed by atoms with Crippen LogP contribution in [-0.2, 0) is 4.79 Å². The number of nitrogens with one attached hydrogen (secondary N) is 1. The van der Waals surface area contributed by atoms with Crippen molar-refractivity contribution in [2.75, 3.05) is 41.3 Å². The molecule has 0 saturated carbocycles. The molecule has 1 aromatic heterocycles. The van der Waals surface area contributed by atoms with E-state index in [-0.39, 0.29) is 17.4 Å². The number of fused-ring (bicyclic) bond motifs is 1. The largest absolute Gasteiger partial charge is 0.478 e. The van der Waals surface area contributed by atoms with Gasteiger partial charge in [0.15, 0.2) is 0 Å². The summed E-state index contributed by atoms with van der Waals surface area (Å²) in [6.45, 7) is 8.91. The Labute approximate surface area is 187 Å². The van der Waals surface area contributed by atoms with E-state index in [4.69, 9.17) is 4.98 Å². The van der Waals surface area contributed by atoms with Gasteiger partial charge in [0.1, 0.15) is 5.82 Å². The van der Waals surface area contributed by atoms with Gasteiger partial charge in [0.25, 0.3) is 0 Å². The van der Waals surface area contributed by atoms with Crippen molar-refractivity contribution < 1.29 is 14.7 Å². The van der Waals surface area contributed by atoms with Crippen LogP contribution in [0.15, 0.2) is 48.5 Å². The van der Waals surface area contributed by atoms with Crippen LogP contribution in [0.25, 0.3) is 10.9 Å². The predicted molar refractivity (Wildman–Crippen MR) is 128 cm³/mol. The van der Waals surface area contributed by atoms with Crippen LogP contribution in [0.5, 0.6) is 0 Å². The van der Waals surface area contributed by atoms with E-state index in [1.165, 1.54) is 11.3 Å². The third kappa shape index (κ3) is 4.51. The van der Waals surface area contributed by atoms with Gasteiger partial charge < -0.3 is 20.2 Å². The Hall–Kier alpha value is -3.61. The standard InChI is InChI=1S/C25H28N4O3/c1-16(2)24(30)26-18-7-8-22-20(14-18)21(25(31)32)15-23(27-22)29-11-9-28(10-12-29)19-6-4-5-17(3)13-19/h4-8,13-16H,9-12H2,1-3H3,(H,26,30)(H,31,32). The molecule has 4 rings (SSSR count). The van der Waals surface area contributed by atoms with Crippen molar-refractivity contribution in [3.63, 3.8) is 0 Å². The van der Waals surface area contributed by atoms with E-state index in [1.807, 2.05) is 13.8 Å². The SMILES string of the molecule is Cc1cccc(N2CCN(c3cc(C(=O)O)c4cc(NC(=O)C(C)C)ccc4n3)CC2)c1. The fourth-order valence-electron chi connectivity index (χ4n) is 3.93. The van der Waals surface area contributed by atoms with E-state index in [1.54, 1.807) is 24.3 Å². The van der Waals surface area contributed by atoms with Gasteiger partial charge in [-0.3, -0.25) is 4.79 Å². The van der Waals surface area contributed by atoms with E-state index in [2.05, 4.69) is 46.3 Å². The van der Waals surface area contributed by atoms with Crippen LogP contribution in [0.2, 0.25) is 0 Å². The molecular weight excluding hydrogens is 404 g/mol. The molecule has 1 fully saturated rings. The number of hydrogen-bond donors (Lipinski definition) is 2. The van der Waals surface area contributed by atoms with Crippen molar-refractivity contribution in [1.29, 1.82) is 0 Å². The second-order valence-electron chi connectivity index (χ2n) is 8.52. The molecule has 7 heteroatoms. The molecule has 1 saturated heterocycles. The number of aromatic carboxylic acids is 1. The number of rotatable bonds is 5. The third-order valence-corrected chi connectivity index (χ3v) is 5.79. The Kier molecular flexibility index (Phi) is 5.99. The molecule has 7 nitrogen and oxygen atoms in total. The maximum Gasteiger partial charge on any atom is 0.336 e. The van der Waals surface area contributed by atoms with E-state index in [0.717, 1.165) is 26.2 Å². The number of carbonyl (C=O) groups excluding carboxylic acids is 1. The topological polar surface area (TPSA) is 85.8 Å². The maximum absolute atomic E-state index is 12.0. The number of aromatic nitrogens is 1. The van der Waals surface area contributed by atoms with Crippen LogP contribution < -0.4 is 15.1 Å². The van der Waals surface area contributed by atoms with Crippen molar-refractivity contribution >= 4 is 40.0 Å². The highest BCUT2D eigenvalue weighted by molar-refractivity contribution is 6.05. The van der Waals surface area contributed by atoms with Crippen molar-refractivity contribution in [3.8, 4) is 0 Å². The number of amides is 1. The lowest BCUT2D eigenvalue weighted by Gasteiger charge is -2.37. The lowest BCUT2D eigenvalue weighted by molar-refractivity contribution is -0.118. The number of hydrogen-bond acceptors (Lipinski definition) is 5. The Bertz CT molecular complexity index is 1170. The Balaban J connectivity index is 1.58. The minimum atomic E-state index is -1.01. The van der Waals surface area contributed by atoms with Crippen LogP contribution in [0, 0.1) is 12.8 Å². The Morgan fingerprint density at radius 3 is 2.38 bits per heavy atom. The highest BCUT2D eigenvalue weighted by atomic mass is 16.4. The Morgan fingerprint density at radius 2 is 1.72 bits per heavy atom. The molecule has 32 heavy (non-hydrogen) atoms. The average Bonchev–Trinajstić information content (AvgIpc) is 2.78. The summed E-state index contributed by atoms with van der Waals surface area (Å²) in [5.74, 6) is -0.622. The van der Waals surface area contributed by atoms with Gasteiger partial charge in [-0.2, -0.15) is 0 Å². The molecule has 0 aliphatic carbocycles. The molecular formula is C25H28N4O3. The highest BCUT2D eigenvalue weighted by Gasteiger charge is 2.21. The second kappa shape index (κ2) is 8.86. The molecule has 0 spiro atoms. The number of pyridine rings is 1. The average molecular weight is 433 g/mol. The first-order valence-electron chi connectivity index (χ1n) is 10.9. The highest BCUT2D eigenvalue weighted by Crippen LogP contribution is 2.27. The predicted octanol–water partition coefficient (Wildman–Crippen LogP) is 4.16. The number of benzene rings is 2. The third-order valence-electron chi connectivity index (χ3n) is 5.79. The molecule has 2 heterocycles. The summed E-state index contributed by atoms with van der Waals surface area (Å²) in [4.78, 5) is 33.3. The molecule has 1 aliphatic heterocycles.